The molecule has 0 bridgehead atoms. The third-order valence-corrected chi connectivity index (χ3v) is 2.19. The maximum Gasteiger partial charge on any atom is 0.311 e. The molecule has 0 aliphatic carbocycles. The predicted molar refractivity (Wildman–Crippen MR) is 68.3 cm³/mol. The van der Waals surface area contributed by atoms with E-state index >= 15 is 0 Å². The number of ether oxygens (including phenoxy) is 1. The quantitative estimate of drug-likeness (QED) is 0.549. The van der Waals surface area contributed by atoms with Gasteiger partial charge in [-0.3, -0.25) is 15.2 Å². The van der Waals surface area contributed by atoms with E-state index in [0.29, 0.717) is 18.3 Å². The lowest BCUT2D eigenvalue weighted by atomic mass is 10.3. The van der Waals surface area contributed by atoms with Gasteiger partial charge in [-0.05, 0) is 13.0 Å². The van der Waals surface area contributed by atoms with Gasteiger partial charge in [-0.15, -0.1) is 5.10 Å². The van der Waals surface area contributed by atoms with Crippen molar-refractivity contribution in [3.63, 3.8) is 0 Å². The van der Waals surface area contributed by atoms with Crippen LogP contribution in [-0.4, -0.2) is 26.7 Å². The molecule has 0 saturated carbocycles. The summed E-state index contributed by atoms with van der Waals surface area (Å²) in [5.74, 6) is 1.02. The molecule has 2 aromatic heterocycles. The maximum absolute atomic E-state index is 10.9. The van der Waals surface area contributed by atoms with Crippen molar-refractivity contribution in [1.29, 1.82) is 0 Å². The van der Waals surface area contributed by atoms with Gasteiger partial charge in [-0.25, -0.2) is 4.98 Å². The van der Waals surface area contributed by atoms with Gasteiger partial charge in [-0.1, -0.05) is 0 Å². The smallest absolute Gasteiger partial charge is 0.311 e. The number of anilines is 3. The summed E-state index contributed by atoms with van der Waals surface area (Å²) in [4.78, 5) is 14.2. The lowest BCUT2D eigenvalue weighted by molar-refractivity contribution is -0.384. The normalized spacial score (nSPS) is 10.2. The van der Waals surface area contributed by atoms with E-state index in [4.69, 9.17) is 10.5 Å². The predicted octanol–water partition coefficient (Wildman–Crippen LogP) is 1.44. The monoisotopic (exact) mass is 264 g/mol. The van der Waals surface area contributed by atoms with Gasteiger partial charge in [0.1, 0.15) is 11.6 Å². The Morgan fingerprint density at radius 3 is 3.05 bits per heavy atom. The first-order valence-corrected chi connectivity index (χ1v) is 5.46. The molecule has 9 nitrogen and oxygen atoms in total. The van der Waals surface area contributed by atoms with E-state index in [1.807, 2.05) is 6.92 Å². The van der Waals surface area contributed by atoms with Crippen LogP contribution in [0.15, 0.2) is 18.2 Å². The highest BCUT2D eigenvalue weighted by molar-refractivity contribution is 5.65. The summed E-state index contributed by atoms with van der Waals surface area (Å²) in [6.07, 6.45) is 0. The molecule has 0 fully saturated rings. The third kappa shape index (κ3) is 2.89. The number of nitrogen functional groups attached to an aromatic ring is 1. The summed E-state index contributed by atoms with van der Waals surface area (Å²) in [6, 6.07) is 4.21. The average Bonchev–Trinajstić information content (AvgIpc) is 2.77. The first-order valence-electron chi connectivity index (χ1n) is 5.46. The standard InChI is InChI=1S/C10H12N6O3/c1-2-19-9-5-8(14-15-9)13-10-6(16(17)18)3-4-7(11)12-10/h3-5H,2H2,1H3,(H4,11,12,13,14,15). The molecule has 19 heavy (non-hydrogen) atoms. The molecule has 4 N–H and O–H groups in total. The van der Waals surface area contributed by atoms with Gasteiger partial charge in [0, 0.05) is 12.1 Å². The molecule has 0 radical (unpaired) electrons. The fourth-order valence-electron chi connectivity index (χ4n) is 1.42. The molecule has 0 unspecified atom stereocenters. The number of hydrogen-bond donors (Lipinski definition) is 3. The lowest BCUT2D eigenvalue weighted by Crippen LogP contribution is -2.02. The Bertz CT molecular complexity index is 597. The Hall–Kier alpha value is -2.84. The second kappa shape index (κ2) is 5.21. The van der Waals surface area contributed by atoms with Gasteiger partial charge in [0.15, 0.2) is 0 Å². The number of aromatic nitrogens is 3. The molecule has 0 aliphatic rings. The highest BCUT2D eigenvalue weighted by atomic mass is 16.6. The highest BCUT2D eigenvalue weighted by Crippen LogP contribution is 2.26. The molecular weight excluding hydrogens is 252 g/mol. The minimum absolute atomic E-state index is 0.0386. The van der Waals surface area contributed by atoms with Gasteiger partial charge in [-0.2, -0.15) is 0 Å². The largest absolute Gasteiger partial charge is 0.477 e. The zero-order chi connectivity index (χ0) is 13.8. The molecule has 0 aliphatic heterocycles. The number of nitrogens with one attached hydrogen (secondary N) is 2. The molecule has 0 spiro atoms. The molecule has 0 amide bonds. The first kappa shape index (κ1) is 12.6. The van der Waals surface area contributed by atoms with Crippen molar-refractivity contribution in [3.05, 3.63) is 28.3 Å². The molecule has 0 atom stereocenters. The Balaban J connectivity index is 2.26. The van der Waals surface area contributed by atoms with Crippen LogP contribution in [0.4, 0.5) is 23.1 Å². The zero-order valence-corrected chi connectivity index (χ0v) is 10.1. The van der Waals surface area contributed by atoms with Crippen LogP contribution in [0.1, 0.15) is 6.92 Å². The minimum atomic E-state index is -0.547. The minimum Gasteiger partial charge on any atom is -0.477 e. The summed E-state index contributed by atoms with van der Waals surface area (Å²) in [5, 5.41) is 20.1. The van der Waals surface area contributed by atoms with Crippen molar-refractivity contribution in [3.8, 4) is 5.88 Å². The highest BCUT2D eigenvalue weighted by Gasteiger charge is 2.16. The van der Waals surface area contributed by atoms with Gasteiger partial charge < -0.3 is 15.8 Å². The molecule has 0 aromatic carbocycles. The molecule has 2 heterocycles. The van der Waals surface area contributed by atoms with Crippen molar-refractivity contribution in [2.45, 2.75) is 6.92 Å². The average molecular weight is 264 g/mol. The molecule has 2 aromatic rings. The topological polar surface area (TPSA) is 132 Å². The van der Waals surface area contributed by atoms with Crippen LogP contribution in [0.2, 0.25) is 0 Å². The molecule has 0 saturated heterocycles. The van der Waals surface area contributed by atoms with Gasteiger partial charge in [0.2, 0.25) is 11.7 Å². The summed E-state index contributed by atoms with van der Waals surface area (Å²) in [6.45, 7) is 2.30. The van der Waals surface area contributed by atoms with Gasteiger partial charge in [0.05, 0.1) is 11.5 Å². The van der Waals surface area contributed by atoms with Crippen LogP contribution in [0.25, 0.3) is 0 Å². The number of hydrogen-bond acceptors (Lipinski definition) is 7. The Kier molecular flexibility index (Phi) is 3.46. The van der Waals surface area contributed by atoms with Crippen LogP contribution in [0, 0.1) is 10.1 Å². The van der Waals surface area contributed by atoms with E-state index in [2.05, 4.69) is 20.5 Å². The van der Waals surface area contributed by atoms with Crippen LogP contribution < -0.4 is 15.8 Å². The molecular formula is C10H12N6O3. The molecule has 9 heteroatoms. The number of pyridine rings is 1. The SMILES string of the molecule is CCOc1cc(Nc2nc(N)ccc2[N+](=O)[O-])[nH]n1. The number of nitrogens with two attached hydrogens (primary N) is 1. The summed E-state index contributed by atoms with van der Waals surface area (Å²) < 4.78 is 5.16. The second-order valence-electron chi connectivity index (χ2n) is 3.54. The van der Waals surface area contributed by atoms with E-state index in [9.17, 15) is 10.1 Å². The van der Waals surface area contributed by atoms with E-state index in [1.165, 1.54) is 12.1 Å². The first-order chi connectivity index (χ1) is 9.10. The van der Waals surface area contributed by atoms with E-state index < -0.39 is 4.92 Å². The zero-order valence-electron chi connectivity index (χ0n) is 10.1. The number of nitrogens with zero attached hydrogens (tertiary/aromatic N) is 3. The number of H-pyrrole nitrogens is 1. The summed E-state index contributed by atoms with van der Waals surface area (Å²) >= 11 is 0. The number of rotatable bonds is 5. The van der Waals surface area contributed by atoms with Crippen molar-refractivity contribution < 1.29 is 9.66 Å². The molecule has 2 rings (SSSR count). The van der Waals surface area contributed by atoms with E-state index in [0.717, 1.165) is 0 Å². The van der Waals surface area contributed by atoms with Crippen LogP contribution >= 0.6 is 0 Å². The maximum atomic E-state index is 10.9. The lowest BCUT2D eigenvalue weighted by Gasteiger charge is -2.03. The van der Waals surface area contributed by atoms with Gasteiger partial charge in [0.25, 0.3) is 0 Å². The van der Waals surface area contributed by atoms with E-state index in [1.54, 1.807) is 6.07 Å². The summed E-state index contributed by atoms with van der Waals surface area (Å²) in [5.41, 5.74) is 5.33. The number of aromatic amines is 1. The van der Waals surface area contributed by atoms with E-state index in [-0.39, 0.29) is 17.3 Å². The Morgan fingerprint density at radius 2 is 2.37 bits per heavy atom. The second-order valence-corrected chi connectivity index (χ2v) is 3.54. The third-order valence-electron chi connectivity index (χ3n) is 2.19. The van der Waals surface area contributed by atoms with Crippen molar-refractivity contribution >= 4 is 23.1 Å². The van der Waals surface area contributed by atoms with Crippen LogP contribution in [0.5, 0.6) is 5.88 Å². The fraction of sp³-hybridized carbons (Fsp3) is 0.200. The van der Waals surface area contributed by atoms with Crippen LogP contribution in [-0.2, 0) is 0 Å². The number of nitro groups is 1. The van der Waals surface area contributed by atoms with Crippen molar-refractivity contribution in [2.24, 2.45) is 0 Å². The Morgan fingerprint density at radius 1 is 1.58 bits per heavy atom. The summed E-state index contributed by atoms with van der Waals surface area (Å²) in [7, 11) is 0. The molecule has 100 valence electrons. The fourth-order valence-corrected chi connectivity index (χ4v) is 1.42. The van der Waals surface area contributed by atoms with Crippen molar-refractivity contribution in [1.82, 2.24) is 15.2 Å². The van der Waals surface area contributed by atoms with Gasteiger partial charge >= 0.3 is 5.69 Å². The van der Waals surface area contributed by atoms with Crippen molar-refractivity contribution in [2.75, 3.05) is 17.7 Å². The Labute approximate surface area is 107 Å². The van der Waals surface area contributed by atoms with Crippen LogP contribution in [0.3, 0.4) is 0 Å².